The van der Waals surface area contributed by atoms with Crippen LogP contribution in [0.15, 0.2) is 47.2 Å². The zero-order chi connectivity index (χ0) is 97.6. The topological polar surface area (TPSA) is 336 Å². The number of benzene rings is 2. The number of rotatable bonds is 34. The maximum atomic E-state index is 15.0. The van der Waals surface area contributed by atoms with Crippen molar-refractivity contribution >= 4 is 131 Å². The number of carbonyl (C=O) groups is 9. The summed E-state index contributed by atoms with van der Waals surface area (Å²) in [5, 5.41) is 23.1. The standard InChI is InChI=1S/C52H68ClF2N5O10S.C47H60ClF2N5O8S/c1-11-30-20-51(30,46(64)66-10)22-39(61)38-17-33(23-59(38)45(63)35(49(4,5)6)18-42(62)69-32-15-28-14-29(28)16-32)68-41-19-36(37-25-71-47(58-37)56-27(2)3)57-44-34(41)12-13-40(43(44)53)67-24-31-21-52(54,55)26-60(31)48(65)70-50(7,8)9;1-8-27-17-46(27,43(59)60)19-36(56)35-14-30(20-55(35)42(58)32(45(4,5)6)15-39(57)63-29-12-25-11-26(25)13-29)62-38-16-33(34-22-64-44(53-34)51-24(2)3)52-41-31(38)9-10-37(40(41)48)61-21-28-18-47(49,50)23-54(28)7/h12-13,19,25,27-33,35,38H,11,14-18,20-24,26H2,1-10H3,(H,56,58);9-10,16,22,24-30,32,35H,8,11-15,17-21,23H2,1-7H3,(H,51,53)(H,59,60)/t28-,29+,30-,31+,32?,33-,35-,38+,51-;25-,26+,27-,28+,29?,30-,32-,35+,46-/m11/s1. The number of methoxy groups -OCH3 is 1. The fraction of sp³-hybridized carbons (Fsp3) is 0.667. The van der Waals surface area contributed by atoms with Crippen LogP contribution in [0.5, 0.6) is 23.0 Å². The summed E-state index contributed by atoms with van der Waals surface area (Å²) in [6.07, 6.45) is 3.76. The fourth-order valence-electron chi connectivity index (χ4n) is 21.2. The van der Waals surface area contributed by atoms with Crippen LogP contribution >= 0.6 is 45.9 Å². The van der Waals surface area contributed by atoms with E-state index in [-0.39, 0.29) is 164 Å². The van der Waals surface area contributed by atoms with Gasteiger partial charge in [-0.2, -0.15) is 0 Å². The number of carbonyl (C=O) groups excluding carboxylic acids is 8. The number of aliphatic carboxylic acids is 1. The number of thiazole rings is 2. The van der Waals surface area contributed by atoms with Crippen LogP contribution in [-0.4, -0.2) is 230 Å². The predicted molar refractivity (Wildman–Crippen MR) is 503 cm³/mol. The van der Waals surface area contributed by atoms with Crippen LogP contribution in [0.2, 0.25) is 10.0 Å². The van der Waals surface area contributed by atoms with Crippen molar-refractivity contribution in [2.45, 2.75) is 298 Å². The van der Waals surface area contributed by atoms with Crippen molar-refractivity contribution in [1.29, 1.82) is 0 Å². The van der Waals surface area contributed by atoms with E-state index in [1.807, 2.05) is 93.8 Å². The number of nitrogens with one attached hydrogen (secondary N) is 2. The second-order valence-corrected chi connectivity index (χ2v) is 45.7. The molecule has 2 aromatic carbocycles. The third-order valence-electron chi connectivity index (χ3n) is 28.8. The first-order chi connectivity index (χ1) is 63.4. The molecule has 0 radical (unpaired) electrons. The number of nitrogens with zero attached hydrogens (tertiary/aromatic N) is 8. The minimum Gasteiger partial charge on any atom is -0.490 e. The Morgan fingerprint density at radius 2 is 0.948 bits per heavy atom. The molecule has 10 fully saturated rings. The van der Waals surface area contributed by atoms with E-state index in [0.29, 0.717) is 110 Å². The maximum absolute atomic E-state index is 15.0. The lowest BCUT2D eigenvalue weighted by atomic mass is 9.77. The number of ketones is 2. The number of anilines is 2. The molecule has 135 heavy (non-hydrogen) atoms. The number of carboxylic acid groups (broad SMARTS) is 1. The molecule has 8 heterocycles. The highest BCUT2D eigenvalue weighted by atomic mass is 35.5. The molecule has 6 saturated carbocycles. The number of aromatic nitrogens is 4. The number of amides is 3. The molecule has 0 bridgehead atoms. The minimum atomic E-state index is -3.16. The molecule has 28 nitrogen and oxygen atoms in total. The summed E-state index contributed by atoms with van der Waals surface area (Å²) >= 11 is 17.0. The largest absolute Gasteiger partial charge is 0.490 e. The van der Waals surface area contributed by atoms with Gasteiger partial charge in [0.25, 0.3) is 11.8 Å². The van der Waals surface area contributed by atoms with E-state index >= 15 is 4.79 Å². The van der Waals surface area contributed by atoms with Crippen LogP contribution in [0, 0.1) is 69.0 Å². The lowest BCUT2D eigenvalue weighted by Gasteiger charge is -2.35. The number of alkyl halides is 4. The van der Waals surface area contributed by atoms with Gasteiger partial charge in [0, 0.05) is 90.3 Å². The summed E-state index contributed by atoms with van der Waals surface area (Å²) in [5.41, 5.74) is -2.06. The third kappa shape index (κ3) is 22.8. The summed E-state index contributed by atoms with van der Waals surface area (Å²) in [6, 6.07) is 6.76. The van der Waals surface area contributed by atoms with Crippen LogP contribution in [0.4, 0.5) is 32.6 Å². The van der Waals surface area contributed by atoms with E-state index in [4.69, 9.17) is 81.0 Å². The Bertz CT molecular complexity index is 5490. The SMILES string of the molecule is CC[C@@H]1C[C@]1(CC(=O)[C@@H]1C[C@@H](Oc2cc(-c3csc(NC(C)C)n3)nc3c(Cl)c(OC[C@@H]4CC(F)(F)CN4C(=O)OC(C)(C)C)ccc23)CN1C(=O)[C@@H](CC(=O)OC1C[C@@H]2C[C@@H]2C1)C(C)(C)C)C(=O)OC.CC[C@@H]1C[C@]1(CC(=O)[C@@H]1C[C@@H](Oc2cc(-c3csc(NC(C)C)n3)nc3c(Cl)c(OC[C@@H]4CC(F)(F)CN4C)ccc23)CN1C(=O)[C@@H](CC(=O)OC1C[C@@H]2C[C@@H]2C1)C(C)(C)C)C(=O)O. The summed E-state index contributed by atoms with van der Waals surface area (Å²) in [7, 11) is 2.95. The number of likely N-dealkylation sites (tertiary alicyclic amines) is 4. The average Bonchev–Trinajstić information content (AvgIpc) is 1.58. The number of hydrogen-bond donors (Lipinski definition) is 3. The van der Waals surface area contributed by atoms with Crippen molar-refractivity contribution in [2.75, 3.05) is 64.2 Å². The van der Waals surface area contributed by atoms with E-state index in [0.717, 1.165) is 30.6 Å². The number of halogens is 6. The van der Waals surface area contributed by atoms with Crippen molar-refractivity contribution in [1.82, 2.24) is 39.5 Å². The van der Waals surface area contributed by atoms with Gasteiger partial charge < -0.3 is 63.4 Å². The first kappa shape index (κ1) is 100. The number of likely N-dealkylation sites (N-methyl/N-ethyl adjacent to an activating group) is 1. The summed E-state index contributed by atoms with van der Waals surface area (Å²) in [6.45, 7) is 26.6. The van der Waals surface area contributed by atoms with Gasteiger partial charge >= 0.3 is 30.0 Å². The van der Waals surface area contributed by atoms with Crippen molar-refractivity contribution < 1.29 is 104 Å². The van der Waals surface area contributed by atoms with E-state index in [1.165, 1.54) is 52.4 Å². The fourth-order valence-corrected chi connectivity index (χ4v) is 23.4. The zero-order valence-electron chi connectivity index (χ0n) is 80.0. The number of carboxylic acids is 1. The van der Waals surface area contributed by atoms with E-state index in [1.54, 1.807) is 69.1 Å². The summed E-state index contributed by atoms with van der Waals surface area (Å²) in [4.78, 5) is 150. The van der Waals surface area contributed by atoms with Gasteiger partial charge in [0.1, 0.15) is 87.7 Å². The molecule has 2 unspecified atom stereocenters. The molecule has 736 valence electrons. The van der Waals surface area contributed by atoms with Gasteiger partial charge in [0.15, 0.2) is 21.8 Å². The molecule has 4 aliphatic heterocycles. The highest BCUT2D eigenvalue weighted by Gasteiger charge is 2.64. The molecular formula is C99H128Cl2F4N10O18S2. The van der Waals surface area contributed by atoms with Gasteiger partial charge in [0.05, 0.1) is 109 Å². The average molecular weight is 1960 g/mol. The smallest absolute Gasteiger partial charge is 0.410 e. The van der Waals surface area contributed by atoms with Crippen molar-refractivity contribution in [3.8, 4) is 45.8 Å². The van der Waals surface area contributed by atoms with Crippen LogP contribution < -0.4 is 29.6 Å². The molecule has 0 spiro atoms. The second kappa shape index (κ2) is 39.0. The summed E-state index contributed by atoms with van der Waals surface area (Å²) in [5.74, 6) is -8.15. The Morgan fingerprint density at radius 3 is 1.33 bits per heavy atom. The van der Waals surface area contributed by atoms with Gasteiger partial charge in [-0.25, -0.2) is 42.3 Å². The molecular weight excluding hydrogens is 1830 g/mol. The van der Waals surface area contributed by atoms with Crippen molar-refractivity contribution in [2.24, 2.45) is 69.0 Å². The first-order valence-electron chi connectivity index (χ1n) is 47.5. The highest BCUT2D eigenvalue weighted by molar-refractivity contribution is 7.14. The monoisotopic (exact) mass is 1950 g/mol. The molecule has 16 rings (SSSR count). The number of pyridine rings is 2. The molecule has 10 aliphatic rings. The van der Waals surface area contributed by atoms with Crippen LogP contribution in [0.3, 0.4) is 0 Å². The summed E-state index contributed by atoms with van der Waals surface area (Å²) < 4.78 is 106. The molecule has 18 atom stereocenters. The molecule has 3 N–H and O–H groups in total. The van der Waals surface area contributed by atoms with E-state index in [2.05, 4.69) is 10.6 Å². The first-order valence-corrected chi connectivity index (χ1v) is 50.1. The molecule has 6 aromatic rings. The van der Waals surface area contributed by atoms with Gasteiger partial charge in [-0.1, -0.05) is 91.4 Å². The van der Waals surface area contributed by atoms with E-state index < -0.39 is 130 Å². The van der Waals surface area contributed by atoms with Crippen LogP contribution in [0.25, 0.3) is 44.6 Å². The van der Waals surface area contributed by atoms with Gasteiger partial charge in [-0.05, 0) is 177 Å². The molecule has 4 saturated heterocycles. The van der Waals surface area contributed by atoms with Crippen molar-refractivity contribution in [3.63, 3.8) is 0 Å². The Balaban J connectivity index is 0.000000207. The normalized spacial score (nSPS) is 27.9. The third-order valence-corrected chi connectivity index (χ3v) is 31.1. The number of fused-ring (bicyclic) bond motifs is 4. The quantitative estimate of drug-likeness (QED) is 0.0192. The Morgan fingerprint density at radius 1 is 0.533 bits per heavy atom. The molecule has 36 heteroatoms. The van der Waals surface area contributed by atoms with Gasteiger partial charge in [0.2, 0.25) is 11.8 Å². The predicted octanol–water partition coefficient (Wildman–Crippen LogP) is 18.9. The molecule has 3 amide bonds. The number of Topliss-reactive ketones (excluding diaryl/α,β-unsaturated/α-hetero) is 2. The number of esters is 3. The van der Waals surface area contributed by atoms with E-state index in [9.17, 15) is 61.0 Å². The van der Waals surface area contributed by atoms with Crippen LogP contribution in [-0.2, 0) is 57.3 Å². The maximum Gasteiger partial charge on any atom is 0.410 e. The number of hydrogen-bond acceptors (Lipinski definition) is 26. The minimum absolute atomic E-state index is 0.00704. The van der Waals surface area contributed by atoms with Gasteiger partial charge in [-0.15, -0.1) is 22.7 Å². The Hall–Kier alpha value is -8.99. The molecule has 6 aliphatic carbocycles. The molecule has 4 aromatic heterocycles. The zero-order valence-corrected chi connectivity index (χ0v) is 83.2. The lowest BCUT2D eigenvalue weighted by Crippen LogP contribution is -2.48. The van der Waals surface area contributed by atoms with Crippen LogP contribution in [0.1, 0.15) is 219 Å². The Kier molecular flexibility index (Phi) is 29.0. The Labute approximate surface area is 803 Å². The second-order valence-electron chi connectivity index (χ2n) is 43.2. The number of ether oxygens (including phenoxy) is 8. The highest BCUT2D eigenvalue weighted by Crippen LogP contribution is 2.61. The van der Waals surface area contributed by atoms with Crippen molar-refractivity contribution in [3.05, 3.63) is 57.2 Å². The lowest BCUT2D eigenvalue weighted by molar-refractivity contribution is -0.157. The van der Waals surface area contributed by atoms with Gasteiger partial charge in [-0.3, -0.25) is 48.2 Å².